The first kappa shape index (κ1) is 9.27. The molecule has 0 aromatic heterocycles. The molecular formula is C10H13NO3. The normalized spacial score (nSPS) is 26.0. The number of carbonyl (C=O) groups excluding carboxylic acids is 1. The monoisotopic (exact) mass is 195 g/mol. The van der Waals surface area contributed by atoms with Crippen molar-refractivity contribution in [2.75, 3.05) is 7.11 Å². The summed E-state index contributed by atoms with van der Waals surface area (Å²) in [6.07, 6.45) is 7.52. The van der Waals surface area contributed by atoms with Crippen molar-refractivity contribution >= 4 is 5.97 Å². The third kappa shape index (κ3) is 1.65. The van der Waals surface area contributed by atoms with E-state index < -0.39 is 12.0 Å². The van der Waals surface area contributed by atoms with E-state index in [2.05, 4.69) is 4.74 Å². The standard InChI is InChI=1S/C10H13NO3/c1-14-10(12)9-5-4-8(6-11(9)13)7-2-3-7/h4-7,9,13H,2-3H2,1H3. The number of allylic oxidation sites excluding steroid dienone is 2. The average molecular weight is 195 g/mol. The molecule has 0 aromatic rings. The number of nitrogens with zero attached hydrogens (tertiary/aromatic N) is 1. The Hall–Kier alpha value is -1.29. The Bertz CT molecular complexity index is 304. The van der Waals surface area contributed by atoms with Crippen LogP contribution in [0.5, 0.6) is 0 Å². The van der Waals surface area contributed by atoms with Crippen LogP contribution in [-0.2, 0) is 9.53 Å². The van der Waals surface area contributed by atoms with Crippen molar-refractivity contribution in [2.24, 2.45) is 5.92 Å². The molecule has 0 spiro atoms. The summed E-state index contributed by atoms with van der Waals surface area (Å²) < 4.78 is 4.55. The van der Waals surface area contributed by atoms with Crippen LogP contribution in [0.3, 0.4) is 0 Å². The van der Waals surface area contributed by atoms with Gasteiger partial charge in [-0.05, 0) is 30.4 Å². The largest absolute Gasteiger partial charge is 0.467 e. The molecule has 0 aromatic carbocycles. The molecule has 1 unspecified atom stereocenters. The number of esters is 1. The van der Waals surface area contributed by atoms with Crippen LogP contribution in [0, 0.1) is 5.92 Å². The zero-order valence-electron chi connectivity index (χ0n) is 8.01. The van der Waals surface area contributed by atoms with Crippen molar-refractivity contribution in [2.45, 2.75) is 18.9 Å². The van der Waals surface area contributed by atoms with E-state index in [-0.39, 0.29) is 0 Å². The molecule has 2 rings (SSSR count). The molecule has 1 saturated carbocycles. The molecule has 1 fully saturated rings. The van der Waals surface area contributed by atoms with Crippen molar-refractivity contribution in [1.82, 2.24) is 5.06 Å². The minimum Gasteiger partial charge on any atom is -0.467 e. The maximum Gasteiger partial charge on any atom is 0.335 e. The summed E-state index contributed by atoms with van der Waals surface area (Å²) in [5.41, 5.74) is 1.09. The molecule has 14 heavy (non-hydrogen) atoms. The molecule has 76 valence electrons. The lowest BCUT2D eigenvalue weighted by Gasteiger charge is -2.23. The van der Waals surface area contributed by atoms with Gasteiger partial charge >= 0.3 is 5.97 Å². The number of rotatable bonds is 2. The summed E-state index contributed by atoms with van der Waals surface area (Å²) in [5.74, 6) is 0.120. The van der Waals surface area contributed by atoms with E-state index >= 15 is 0 Å². The van der Waals surface area contributed by atoms with Crippen molar-refractivity contribution in [3.05, 3.63) is 23.9 Å². The number of carbonyl (C=O) groups is 1. The molecule has 1 heterocycles. The van der Waals surface area contributed by atoms with Gasteiger partial charge in [0.05, 0.1) is 7.11 Å². The Morgan fingerprint density at radius 2 is 2.36 bits per heavy atom. The van der Waals surface area contributed by atoms with Crippen LogP contribution in [0.25, 0.3) is 0 Å². The zero-order chi connectivity index (χ0) is 10.1. The highest BCUT2D eigenvalue weighted by Crippen LogP contribution is 2.38. The highest BCUT2D eigenvalue weighted by molar-refractivity contribution is 5.78. The molecule has 2 aliphatic rings. The van der Waals surface area contributed by atoms with Crippen LogP contribution in [0.1, 0.15) is 12.8 Å². The van der Waals surface area contributed by atoms with Crippen molar-refractivity contribution in [3.63, 3.8) is 0 Å². The predicted octanol–water partition coefficient (Wildman–Crippen LogP) is 1.08. The number of ether oxygens (including phenoxy) is 1. The molecule has 1 N–H and O–H groups in total. The molecule has 4 heteroatoms. The fourth-order valence-electron chi connectivity index (χ4n) is 1.53. The van der Waals surface area contributed by atoms with Crippen LogP contribution in [0.2, 0.25) is 0 Å². The van der Waals surface area contributed by atoms with E-state index in [0.717, 1.165) is 10.6 Å². The average Bonchev–Trinajstić information content (AvgIpc) is 3.00. The first-order valence-electron chi connectivity index (χ1n) is 4.67. The van der Waals surface area contributed by atoms with E-state index in [1.165, 1.54) is 20.0 Å². The van der Waals surface area contributed by atoms with Crippen molar-refractivity contribution < 1.29 is 14.7 Å². The molecule has 0 amide bonds. The highest BCUT2D eigenvalue weighted by Gasteiger charge is 2.30. The topological polar surface area (TPSA) is 49.8 Å². The lowest BCUT2D eigenvalue weighted by molar-refractivity contribution is -0.156. The Kier molecular flexibility index (Phi) is 2.29. The van der Waals surface area contributed by atoms with Gasteiger partial charge in [0, 0.05) is 6.20 Å². The SMILES string of the molecule is COC(=O)C1C=CC(C2CC2)=CN1O. The number of hydrogen-bond acceptors (Lipinski definition) is 4. The first-order valence-corrected chi connectivity index (χ1v) is 4.67. The summed E-state index contributed by atoms with van der Waals surface area (Å²) in [6, 6.07) is -0.692. The summed E-state index contributed by atoms with van der Waals surface area (Å²) in [4.78, 5) is 11.2. The predicted molar refractivity (Wildman–Crippen MR) is 49.4 cm³/mol. The van der Waals surface area contributed by atoms with E-state index in [4.69, 9.17) is 0 Å². The Morgan fingerprint density at radius 1 is 1.64 bits per heavy atom. The summed E-state index contributed by atoms with van der Waals surface area (Å²) >= 11 is 0. The number of hydroxylamine groups is 2. The van der Waals surface area contributed by atoms with Gasteiger partial charge in [-0.1, -0.05) is 6.08 Å². The minimum absolute atomic E-state index is 0.449. The van der Waals surface area contributed by atoms with Crippen LogP contribution in [-0.4, -0.2) is 29.4 Å². The fraction of sp³-hybridized carbons (Fsp3) is 0.500. The van der Waals surface area contributed by atoms with Gasteiger partial charge in [0.15, 0.2) is 6.04 Å². The van der Waals surface area contributed by atoms with Gasteiger partial charge in [-0.3, -0.25) is 5.21 Å². The smallest absolute Gasteiger partial charge is 0.335 e. The third-order valence-corrected chi connectivity index (χ3v) is 2.53. The maximum atomic E-state index is 11.2. The van der Waals surface area contributed by atoms with E-state index in [1.807, 2.05) is 6.08 Å². The number of methoxy groups -OCH3 is 1. The van der Waals surface area contributed by atoms with Crippen LogP contribution < -0.4 is 0 Å². The van der Waals surface area contributed by atoms with E-state index in [1.54, 1.807) is 12.3 Å². The third-order valence-electron chi connectivity index (χ3n) is 2.53. The molecule has 4 nitrogen and oxygen atoms in total. The maximum absolute atomic E-state index is 11.2. The number of hydrogen-bond donors (Lipinski definition) is 1. The van der Waals surface area contributed by atoms with E-state index in [9.17, 15) is 10.0 Å². The van der Waals surface area contributed by atoms with Gasteiger partial charge in [-0.25, -0.2) is 9.86 Å². The van der Waals surface area contributed by atoms with Gasteiger partial charge < -0.3 is 4.74 Å². The highest BCUT2D eigenvalue weighted by atomic mass is 16.5. The molecule has 1 aliphatic carbocycles. The van der Waals surface area contributed by atoms with E-state index in [0.29, 0.717) is 5.92 Å². The van der Waals surface area contributed by atoms with Crippen molar-refractivity contribution in [1.29, 1.82) is 0 Å². The second-order valence-corrected chi connectivity index (χ2v) is 3.61. The van der Waals surface area contributed by atoms with Gasteiger partial charge in [0.25, 0.3) is 0 Å². The molecule has 0 saturated heterocycles. The lowest BCUT2D eigenvalue weighted by Crippen LogP contribution is -2.36. The van der Waals surface area contributed by atoms with Gasteiger partial charge in [-0.15, -0.1) is 0 Å². The lowest BCUT2D eigenvalue weighted by atomic mass is 10.1. The molecule has 1 aliphatic heterocycles. The Balaban J connectivity index is 2.07. The van der Waals surface area contributed by atoms with Crippen LogP contribution >= 0.6 is 0 Å². The first-order chi connectivity index (χ1) is 6.72. The molecule has 0 radical (unpaired) electrons. The van der Waals surface area contributed by atoms with Gasteiger partial charge in [-0.2, -0.15) is 0 Å². The Labute approximate surface area is 82.4 Å². The Morgan fingerprint density at radius 3 is 2.86 bits per heavy atom. The van der Waals surface area contributed by atoms with Gasteiger partial charge in [0.1, 0.15) is 0 Å². The van der Waals surface area contributed by atoms with Gasteiger partial charge in [0.2, 0.25) is 0 Å². The second-order valence-electron chi connectivity index (χ2n) is 3.61. The van der Waals surface area contributed by atoms with Crippen molar-refractivity contribution in [3.8, 4) is 0 Å². The molecule has 0 bridgehead atoms. The quantitative estimate of drug-likeness (QED) is 0.670. The molecular weight excluding hydrogens is 182 g/mol. The zero-order valence-corrected chi connectivity index (χ0v) is 8.01. The fourth-order valence-corrected chi connectivity index (χ4v) is 1.53. The molecule has 1 atom stereocenters. The second kappa shape index (κ2) is 3.46. The van der Waals surface area contributed by atoms with Crippen LogP contribution in [0.15, 0.2) is 23.9 Å². The minimum atomic E-state index is -0.692. The summed E-state index contributed by atoms with van der Waals surface area (Å²) in [6.45, 7) is 0. The summed E-state index contributed by atoms with van der Waals surface area (Å²) in [5, 5.41) is 10.4. The summed E-state index contributed by atoms with van der Waals surface area (Å²) in [7, 11) is 1.31. The van der Waals surface area contributed by atoms with Crippen LogP contribution in [0.4, 0.5) is 0 Å².